The summed E-state index contributed by atoms with van der Waals surface area (Å²) in [4.78, 5) is 0. The van der Waals surface area contributed by atoms with Gasteiger partial charge in [0.15, 0.2) is 0 Å². The third-order valence-corrected chi connectivity index (χ3v) is 4.92. The average Bonchev–Trinajstić information content (AvgIpc) is 3.02. The molecule has 0 spiro atoms. The van der Waals surface area contributed by atoms with Crippen LogP contribution in [0.3, 0.4) is 0 Å². The molecule has 6 nitrogen and oxygen atoms in total. The van der Waals surface area contributed by atoms with Crippen LogP contribution in [0.2, 0.25) is 0 Å². The summed E-state index contributed by atoms with van der Waals surface area (Å²) >= 11 is 0. The van der Waals surface area contributed by atoms with Gasteiger partial charge in [-0.25, -0.2) is 4.68 Å². The Hall–Kier alpha value is -3.72. The van der Waals surface area contributed by atoms with E-state index in [1.54, 1.807) is 11.8 Å². The molecule has 0 amide bonds. The van der Waals surface area contributed by atoms with Crippen molar-refractivity contribution in [2.24, 2.45) is 5.73 Å². The predicted octanol–water partition coefficient (Wildman–Crippen LogP) is 3.47. The number of methoxy groups -OCH3 is 1. The Bertz CT molecular complexity index is 1090. The normalized spacial score (nSPS) is 15.5. The third-order valence-electron chi connectivity index (χ3n) is 4.92. The summed E-state index contributed by atoms with van der Waals surface area (Å²) in [5, 5.41) is 14.5. The highest BCUT2D eigenvalue weighted by molar-refractivity contribution is 5.58. The Morgan fingerprint density at radius 2 is 1.89 bits per heavy atom. The summed E-state index contributed by atoms with van der Waals surface area (Å²) in [6, 6.07) is 19.9. The first-order chi connectivity index (χ1) is 13.6. The van der Waals surface area contributed by atoms with Crippen molar-refractivity contribution in [2.45, 2.75) is 19.4 Å². The smallest absolute Gasteiger partial charge is 0.224 e. The van der Waals surface area contributed by atoms with E-state index in [4.69, 9.17) is 15.2 Å². The number of aromatic nitrogens is 2. The van der Waals surface area contributed by atoms with Crippen molar-refractivity contribution in [2.75, 3.05) is 7.11 Å². The summed E-state index contributed by atoms with van der Waals surface area (Å²) in [5.74, 6) is 0.958. The quantitative estimate of drug-likeness (QED) is 0.758. The molecule has 0 unspecified atom stereocenters. The van der Waals surface area contributed by atoms with E-state index in [1.807, 2.05) is 61.5 Å². The number of allylic oxidation sites excluding steroid dienone is 1. The van der Waals surface area contributed by atoms with Gasteiger partial charge in [-0.15, -0.1) is 0 Å². The molecule has 0 bridgehead atoms. The fourth-order valence-corrected chi connectivity index (χ4v) is 3.66. The van der Waals surface area contributed by atoms with Crippen LogP contribution in [0.1, 0.15) is 28.3 Å². The molecular weight excluding hydrogens is 352 g/mol. The summed E-state index contributed by atoms with van der Waals surface area (Å²) < 4.78 is 13.2. The summed E-state index contributed by atoms with van der Waals surface area (Å²) in [5.41, 5.74) is 10.1. The number of nitriles is 1. The van der Waals surface area contributed by atoms with Gasteiger partial charge in [0.1, 0.15) is 17.4 Å². The van der Waals surface area contributed by atoms with Crippen LogP contribution >= 0.6 is 0 Å². The minimum absolute atomic E-state index is 0.0973. The van der Waals surface area contributed by atoms with Crippen LogP contribution in [-0.2, 0) is 6.54 Å². The van der Waals surface area contributed by atoms with Crippen molar-refractivity contribution in [1.29, 1.82) is 5.26 Å². The molecule has 1 aliphatic heterocycles. The Morgan fingerprint density at radius 3 is 2.61 bits per heavy atom. The van der Waals surface area contributed by atoms with Gasteiger partial charge in [0.25, 0.3) is 0 Å². The first-order valence-electron chi connectivity index (χ1n) is 8.95. The van der Waals surface area contributed by atoms with Gasteiger partial charge in [0.2, 0.25) is 11.8 Å². The second kappa shape index (κ2) is 7.12. The summed E-state index contributed by atoms with van der Waals surface area (Å²) in [6.45, 7) is 2.47. The number of hydrogen-bond donors (Lipinski definition) is 1. The Kier molecular flexibility index (Phi) is 4.50. The highest BCUT2D eigenvalue weighted by Crippen LogP contribution is 2.46. The lowest BCUT2D eigenvalue weighted by atomic mass is 9.83. The van der Waals surface area contributed by atoms with Crippen molar-refractivity contribution >= 4 is 0 Å². The molecule has 2 heterocycles. The SMILES string of the molecule is COc1ccccc1[C@@H]1C(C#N)=C(N)Oc2c1c(C)nn2Cc1ccccc1. The van der Waals surface area contributed by atoms with Crippen LogP contribution < -0.4 is 15.2 Å². The molecule has 0 saturated heterocycles. The number of benzene rings is 2. The molecule has 4 rings (SSSR count). The van der Waals surface area contributed by atoms with Crippen LogP contribution in [-0.4, -0.2) is 16.9 Å². The minimum Gasteiger partial charge on any atom is -0.496 e. The molecule has 1 atom stereocenters. The van der Waals surface area contributed by atoms with Crippen LogP contribution in [0.5, 0.6) is 11.6 Å². The first kappa shape index (κ1) is 17.7. The van der Waals surface area contributed by atoms with Gasteiger partial charge in [0.05, 0.1) is 30.8 Å². The second-order valence-electron chi connectivity index (χ2n) is 6.61. The Balaban J connectivity index is 1.88. The van der Waals surface area contributed by atoms with Crippen LogP contribution in [0, 0.1) is 18.3 Å². The third kappa shape index (κ3) is 2.87. The van der Waals surface area contributed by atoms with E-state index in [0.29, 0.717) is 23.7 Å². The van der Waals surface area contributed by atoms with Crippen molar-refractivity contribution in [1.82, 2.24) is 9.78 Å². The maximum Gasteiger partial charge on any atom is 0.224 e. The largest absolute Gasteiger partial charge is 0.496 e. The molecule has 2 N–H and O–H groups in total. The standard InChI is InChI=1S/C22H20N4O2/c1-14-19-20(16-10-6-7-11-18(16)27-2)17(12-23)21(24)28-22(19)26(25-14)13-15-8-4-3-5-9-15/h3-11,20H,13,24H2,1-2H3/t20-/m1/s1. The van der Waals surface area contributed by atoms with Crippen molar-refractivity contribution in [3.05, 3.63) is 88.4 Å². The summed E-state index contributed by atoms with van der Waals surface area (Å²) in [7, 11) is 1.61. The number of hydrogen-bond acceptors (Lipinski definition) is 5. The van der Waals surface area contributed by atoms with Crippen molar-refractivity contribution in [3.63, 3.8) is 0 Å². The molecule has 6 heteroatoms. The Labute approximate surface area is 163 Å². The van der Waals surface area contributed by atoms with E-state index in [1.165, 1.54) is 0 Å². The van der Waals surface area contributed by atoms with Gasteiger partial charge in [-0.05, 0) is 18.6 Å². The van der Waals surface area contributed by atoms with Gasteiger partial charge in [-0.1, -0.05) is 48.5 Å². The average molecular weight is 372 g/mol. The number of para-hydroxylation sites is 1. The monoisotopic (exact) mass is 372 g/mol. The molecule has 2 aromatic carbocycles. The fourth-order valence-electron chi connectivity index (χ4n) is 3.66. The second-order valence-corrected chi connectivity index (χ2v) is 6.61. The van der Waals surface area contributed by atoms with Gasteiger partial charge in [-0.3, -0.25) is 0 Å². The van der Waals surface area contributed by atoms with Gasteiger partial charge < -0.3 is 15.2 Å². The van der Waals surface area contributed by atoms with E-state index in [-0.39, 0.29) is 5.88 Å². The molecule has 0 aliphatic carbocycles. The number of fused-ring (bicyclic) bond motifs is 1. The zero-order valence-electron chi connectivity index (χ0n) is 15.7. The lowest BCUT2D eigenvalue weighted by Crippen LogP contribution is -2.22. The van der Waals surface area contributed by atoms with Crippen molar-refractivity contribution in [3.8, 4) is 17.7 Å². The van der Waals surface area contributed by atoms with Gasteiger partial charge >= 0.3 is 0 Å². The van der Waals surface area contributed by atoms with E-state index in [2.05, 4.69) is 11.2 Å². The van der Waals surface area contributed by atoms with Gasteiger partial charge in [0, 0.05) is 5.56 Å². The zero-order chi connectivity index (χ0) is 19.7. The van der Waals surface area contributed by atoms with E-state index >= 15 is 0 Å². The zero-order valence-corrected chi connectivity index (χ0v) is 15.7. The van der Waals surface area contributed by atoms with E-state index < -0.39 is 5.92 Å². The number of rotatable bonds is 4. The molecule has 0 fully saturated rings. The summed E-state index contributed by atoms with van der Waals surface area (Å²) in [6.07, 6.45) is 0. The van der Waals surface area contributed by atoms with E-state index in [9.17, 15) is 5.26 Å². The number of nitrogens with zero attached hydrogens (tertiary/aromatic N) is 3. The van der Waals surface area contributed by atoms with Crippen LogP contribution in [0.4, 0.5) is 0 Å². The number of nitrogens with two attached hydrogens (primary N) is 1. The molecule has 0 saturated carbocycles. The predicted molar refractivity (Wildman–Crippen MR) is 105 cm³/mol. The topological polar surface area (TPSA) is 86.1 Å². The van der Waals surface area contributed by atoms with Gasteiger partial charge in [-0.2, -0.15) is 10.4 Å². The molecule has 140 valence electrons. The Morgan fingerprint density at radius 1 is 1.18 bits per heavy atom. The van der Waals surface area contributed by atoms with Crippen molar-refractivity contribution < 1.29 is 9.47 Å². The molecule has 1 aromatic heterocycles. The number of ether oxygens (including phenoxy) is 2. The lowest BCUT2D eigenvalue weighted by molar-refractivity contribution is 0.350. The molecular formula is C22H20N4O2. The maximum absolute atomic E-state index is 9.78. The molecule has 0 radical (unpaired) electrons. The highest BCUT2D eigenvalue weighted by atomic mass is 16.5. The fraction of sp³-hybridized carbons (Fsp3) is 0.182. The van der Waals surface area contributed by atoms with Crippen LogP contribution in [0.25, 0.3) is 0 Å². The molecule has 3 aromatic rings. The lowest BCUT2D eigenvalue weighted by Gasteiger charge is -2.26. The van der Waals surface area contributed by atoms with Crippen LogP contribution in [0.15, 0.2) is 66.1 Å². The van der Waals surface area contributed by atoms with E-state index in [0.717, 1.165) is 22.4 Å². The molecule has 28 heavy (non-hydrogen) atoms. The molecule has 1 aliphatic rings. The highest BCUT2D eigenvalue weighted by Gasteiger charge is 2.37. The maximum atomic E-state index is 9.78. The number of aryl methyl sites for hydroxylation is 1. The minimum atomic E-state index is -0.394. The first-order valence-corrected chi connectivity index (χ1v) is 8.95.